The molecule has 0 aliphatic carbocycles. The molecule has 188 valence electrons. The van der Waals surface area contributed by atoms with Crippen molar-refractivity contribution in [3.05, 3.63) is 0 Å². The number of aliphatic hydroxyl groups is 2. The van der Waals surface area contributed by atoms with Gasteiger partial charge in [-0.05, 0) is 51.7 Å². The summed E-state index contributed by atoms with van der Waals surface area (Å²) in [5.41, 5.74) is 0. The lowest BCUT2D eigenvalue weighted by Gasteiger charge is -2.22. The zero-order valence-corrected chi connectivity index (χ0v) is 21.4. The van der Waals surface area contributed by atoms with Gasteiger partial charge in [0.05, 0.1) is 0 Å². The van der Waals surface area contributed by atoms with Gasteiger partial charge in [-0.1, -0.05) is 116 Å². The molecule has 0 bridgehead atoms. The normalized spacial score (nSPS) is 11.6. The van der Waals surface area contributed by atoms with Gasteiger partial charge >= 0.3 is 0 Å². The van der Waals surface area contributed by atoms with E-state index in [2.05, 4.69) is 11.8 Å². The Labute approximate surface area is 196 Å². The molecule has 0 saturated heterocycles. The number of hydrogen-bond donors (Lipinski definition) is 2. The van der Waals surface area contributed by atoms with Gasteiger partial charge in [0.15, 0.2) is 0 Å². The van der Waals surface area contributed by atoms with Gasteiger partial charge in [0.25, 0.3) is 0 Å². The molecule has 0 aromatic rings. The van der Waals surface area contributed by atoms with E-state index in [-0.39, 0.29) is 0 Å². The van der Waals surface area contributed by atoms with E-state index >= 15 is 0 Å². The minimum absolute atomic E-state index is 0.354. The summed E-state index contributed by atoms with van der Waals surface area (Å²) >= 11 is 0. The van der Waals surface area contributed by atoms with Gasteiger partial charge in [0.2, 0.25) is 0 Å². The average molecular weight is 442 g/mol. The minimum Gasteiger partial charge on any atom is -0.396 e. The Hall–Kier alpha value is -0.120. The second kappa shape index (κ2) is 27.9. The fourth-order valence-corrected chi connectivity index (χ4v) is 4.47. The second-order valence-corrected chi connectivity index (χ2v) is 9.71. The van der Waals surface area contributed by atoms with Crippen LogP contribution in [0.15, 0.2) is 0 Å². The Kier molecular flexibility index (Phi) is 27.8. The topological polar surface area (TPSA) is 43.7 Å². The molecular weight excluding hydrogens is 382 g/mol. The van der Waals surface area contributed by atoms with Crippen molar-refractivity contribution in [2.24, 2.45) is 0 Å². The first-order valence-corrected chi connectivity index (χ1v) is 14.3. The zero-order valence-electron chi connectivity index (χ0n) is 21.4. The molecule has 2 N–H and O–H groups in total. The molecule has 0 rings (SSSR count). The molecule has 0 atom stereocenters. The second-order valence-electron chi connectivity index (χ2n) is 9.71. The van der Waals surface area contributed by atoms with E-state index in [0.717, 1.165) is 12.8 Å². The Bertz CT molecular complexity index is 293. The summed E-state index contributed by atoms with van der Waals surface area (Å²) in [6, 6.07) is 0. The number of rotatable bonds is 27. The summed E-state index contributed by atoms with van der Waals surface area (Å²) in [6.07, 6.45) is 29.1. The molecule has 0 aromatic heterocycles. The van der Waals surface area contributed by atoms with Crippen LogP contribution in [0.4, 0.5) is 0 Å². The molecule has 0 spiro atoms. The third kappa shape index (κ3) is 26.0. The molecule has 0 unspecified atom stereocenters. The standard InChI is InChI=1S/C28H59NO2/c1-2-3-4-5-6-7-8-9-14-19-24-29(25-20-15-10-12-17-22-27-30)26-21-16-11-13-18-23-28-31/h30-31H,2-28H2,1H3. The van der Waals surface area contributed by atoms with E-state index in [1.54, 1.807) is 0 Å². The molecule has 0 heterocycles. The van der Waals surface area contributed by atoms with Crippen LogP contribution in [0.1, 0.15) is 148 Å². The monoisotopic (exact) mass is 441 g/mol. The van der Waals surface area contributed by atoms with Gasteiger partial charge in [-0.3, -0.25) is 0 Å². The highest BCUT2D eigenvalue weighted by Gasteiger charge is 2.05. The molecular formula is C28H59NO2. The smallest absolute Gasteiger partial charge is 0.0431 e. The minimum atomic E-state index is 0.354. The first kappa shape index (κ1) is 30.9. The predicted octanol–water partition coefficient (Wildman–Crippen LogP) is 7.88. The van der Waals surface area contributed by atoms with E-state index < -0.39 is 0 Å². The predicted molar refractivity (Wildman–Crippen MR) is 138 cm³/mol. The van der Waals surface area contributed by atoms with Crippen LogP contribution in [-0.2, 0) is 0 Å². The molecule has 31 heavy (non-hydrogen) atoms. The molecule has 0 aliphatic heterocycles. The lowest BCUT2D eigenvalue weighted by molar-refractivity contribution is 0.252. The van der Waals surface area contributed by atoms with Crippen LogP contribution in [0.2, 0.25) is 0 Å². The number of aliphatic hydroxyl groups excluding tert-OH is 2. The third-order valence-corrected chi connectivity index (χ3v) is 6.59. The first-order valence-electron chi connectivity index (χ1n) is 14.3. The SMILES string of the molecule is CCCCCCCCCCCCN(CCCCCCCCO)CCCCCCCCO. The van der Waals surface area contributed by atoms with Gasteiger partial charge in [-0.15, -0.1) is 0 Å². The van der Waals surface area contributed by atoms with Crippen molar-refractivity contribution in [1.82, 2.24) is 4.90 Å². The zero-order chi connectivity index (χ0) is 22.7. The van der Waals surface area contributed by atoms with E-state index in [0.29, 0.717) is 13.2 Å². The molecule has 0 aromatic carbocycles. The lowest BCUT2D eigenvalue weighted by atomic mass is 10.1. The summed E-state index contributed by atoms with van der Waals surface area (Å²) < 4.78 is 0. The van der Waals surface area contributed by atoms with E-state index in [1.807, 2.05) is 0 Å². The summed E-state index contributed by atoms with van der Waals surface area (Å²) in [4.78, 5) is 2.74. The van der Waals surface area contributed by atoms with E-state index in [9.17, 15) is 0 Å². The van der Waals surface area contributed by atoms with Crippen molar-refractivity contribution in [2.45, 2.75) is 148 Å². The maximum Gasteiger partial charge on any atom is 0.0431 e. The van der Waals surface area contributed by atoms with Crippen molar-refractivity contribution in [3.63, 3.8) is 0 Å². The van der Waals surface area contributed by atoms with Crippen molar-refractivity contribution in [2.75, 3.05) is 32.8 Å². The largest absolute Gasteiger partial charge is 0.396 e. The van der Waals surface area contributed by atoms with E-state index in [1.165, 1.54) is 148 Å². The van der Waals surface area contributed by atoms with Crippen LogP contribution < -0.4 is 0 Å². The molecule has 0 aliphatic rings. The van der Waals surface area contributed by atoms with Crippen LogP contribution in [-0.4, -0.2) is 48.0 Å². The highest BCUT2D eigenvalue weighted by Crippen LogP contribution is 2.13. The molecule has 0 amide bonds. The van der Waals surface area contributed by atoms with Crippen molar-refractivity contribution < 1.29 is 10.2 Å². The van der Waals surface area contributed by atoms with Crippen LogP contribution in [0.3, 0.4) is 0 Å². The fraction of sp³-hybridized carbons (Fsp3) is 1.00. The molecule has 0 fully saturated rings. The highest BCUT2D eigenvalue weighted by molar-refractivity contribution is 4.60. The van der Waals surface area contributed by atoms with Crippen LogP contribution in [0.5, 0.6) is 0 Å². The fourth-order valence-electron chi connectivity index (χ4n) is 4.47. The first-order chi connectivity index (χ1) is 15.3. The maximum atomic E-state index is 8.88. The van der Waals surface area contributed by atoms with Crippen molar-refractivity contribution >= 4 is 0 Å². The van der Waals surface area contributed by atoms with Crippen LogP contribution in [0, 0.1) is 0 Å². The van der Waals surface area contributed by atoms with Gasteiger partial charge in [0.1, 0.15) is 0 Å². The average Bonchev–Trinajstić information content (AvgIpc) is 2.78. The Morgan fingerprint density at radius 1 is 0.355 bits per heavy atom. The highest BCUT2D eigenvalue weighted by atomic mass is 16.3. The number of hydrogen-bond acceptors (Lipinski definition) is 3. The van der Waals surface area contributed by atoms with Gasteiger partial charge in [-0.25, -0.2) is 0 Å². The third-order valence-electron chi connectivity index (χ3n) is 6.59. The molecule has 3 heteroatoms. The number of unbranched alkanes of at least 4 members (excludes halogenated alkanes) is 19. The van der Waals surface area contributed by atoms with Crippen molar-refractivity contribution in [1.29, 1.82) is 0 Å². The molecule has 0 radical (unpaired) electrons. The summed E-state index contributed by atoms with van der Waals surface area (Å²) in [5.74, 6) is 0. The van der Waals surface area contributed by atoms with E-state index in [4.69, 9.17) is 10.2 Å². The van der Waals surface area contributed by atoms with Crippen molar-refractivity contribution in [3.8, 4) is 0 Å². The Morgan fingerprint density at radius 2 is 0.613 bits per heavy atom. The van der Waals surface area contributed by atoms with Gasteiger partial charge < -0.3 is 15.1 Å². The summed E-state index contributed by atoms with van der Waals surface area (Å²) in [6.45, 7) is 6.86. The Morgan fingerprint density at radius 3 is 0.903 bits per heavy atom. The van der Waals surface area contributed by atoms with Crippen LogP contribution in [0.25, 0.3) is 0 Å². The Balaban J connectivity index is 3.79. The maximum absolute atomic E-state index is 8.88. The summed E-state index contributed by atoms with van der Waals surface area (Å²) in [5, 5.41) is 17.8. The molecule has 3 nitrogen and oxygen atoms in total. The van der Waals surface area contributed by atoms with Crippen LogP contribution >= 0.6 is 0 Å². The number of nitrogens with zero attached hydrogens (tertiary/aromatic N) is 1. The van der Waals surface area contributed by atoms with Gasteiger partial charge in [-0.2, -0.15) is 0 Å². The molecule has 0 saturated carbocycles. The quantitative estimate of drug-likeness (QED) is 0.127. The van der Waals surface area contributed by atoms with Gasteiger partial charge in [0, 0.05) is 13.2 Å². The lowest BCUT2D eigenvalue weighted by Crippen LogP contribution is -2.27. The summed E-state index contributed by atoms with van der Waals surface area (Å²) in [7, 11) is 0.